The number of anilines is 1. The second-order valence-electron chi connectivity index (χ2n) is 4.35. The predicted octanol–water partition coefficient (Wildman–Crippen LogP) is 2.95. The lowest BCUT2D eigenvalue weighted by Gasteiger charge is -2.12. The Bertz CT molecular complexity index is 574. The first kappa shape index (κ1) is 16.9. The molecule has 0 atom stereocenters. The minimum Gasteiger partial charge on any atom is -0.478 e. The average molecular weight is 315 g/mol. The van der Waals surface area contributed by atoms with Crippen molar-refractivity contribution in [3.8, 4) is 0 Å². The molecule has 0 aliphatic carbocycles. The fourth-order valence-corrected chi connectivity index (χ4v) is 1.82. The van der Waals surface area contributed by atoms with Crippen molar-refractivity contribution in [1.29, 1.82) is 0 Å². The molecule has 7 nitrogen and oxygen atoms in total. The smallest absolute Gasteiger partial charge is 0.338 e. The van der Waals surface area contributed by atoms with E-state index in [1.807, 2.05) is 6.92 Å². The van der Waals surface area contributed by atoms with Gasteiger partial charge >= 0.3 is 5.97 Å². The Morgan fingerprint density at radius 1 is 1.57 bits per heavy atom. The van der Waals surface area contributed by atoms with Crippen LogP contribution < -0.4 is 5.32 Å². The number of nitrogens with zero attached hydrogens (tertiary/aromatic N) is 1. The molecule has 0 fully saturated rings. The van der Waals surface area contributed by atoms with E-state index in [2.05, 4.69) is 11.9 Å². The van der Waals surface area contributed by atoms with E-state index in [1.165, 1.54) is 0 Å². The molecule has 0 bridgehead atoms. The first-order valence-electron chi connectivity index (χ1n) is 6.00. The van der Waals surface area contributed by atoms with Crippen LogP contribution in [0.5, 0.6) is 0 Å². The molecule has 21 heavy (non-hydrogen) atoms. The average Bonchev–Trinajstić information content (AvgIpc) is 2.38. The number of hydrogen-bond acceptors (Lipinski definition) is 5. The maximum absolute atomic E-state index is 11.2. The summed E-state index contributed by atoms with van der Waals surface area (Å²) in [6, 6.07) is 2.07. The van der Waals surface area contributed by atoms with Crippen molar-refractivity contribution >= 4 is 28.9 Å². The first-order chi connectivity index (χ1) is 9.82. The van der Waals surface area contributed by atoms with E-state index < -0.39 is 10.9 Å². The molecule has 8 heteroatoms. The Balaban J connectivity index is 2.83. The maximum atomic E-state index is 11.2. The Labute approximate surface area is 126 Å². The van der Waals surface area contributed by atoms with E-state index in [0.717, 1.165) is 17.7 Å². The zero-order valence-electron chi connectivity index (χ0n) is 11.4. The summed E-state index contributed by atoms with van der Waals surface area (Å²) in [7, 11) is 0. The van der Waals surface area contributed by atoms with Gasteiger partial charge in [0, 0.05) is 18.7 Å². The Morgan fingerprint density at radius 3 is 2.76 bits per heavy atom. The molecule has 0 radical (unpaired) electrons. The van der Waals surface area contributed by atoms with Crippen LogP contribution in [0.15, 0.2) is 24.3 Å². The summed E-state index contributed by atoms with van der Waals surface area (Å²) < 4.78 is 5.26. The summed E-state index contributed by atoms with van der Waals surface area (Å²) in [5, 5.41) is 22.6. The maximum Gasteiger partial charge on any atom is 0.338 e. The van der Waals surface area contributed by atoms with Gasteiger partial charge in [-0.15, -0.1) is 0 Å². The molecule has 0 aromatic heterocycles. The molecule has 0 aliphatic heterocycles. The summed E-state index contributed by atoms with van der Waals surface area (Å²) in [6.45, 7) is 6.54. The molecule has 0 saturated heterocycles. The number of non-ortho nitro benzene ring substituents is 1. The van der Waals surface area contributed by atoms with Gasteiger partial charge in [0.25, 0.3) is 5.69 Å². The van der Waals surface area contributed by atoms with Crippen LogP contribution in [0.3, 0.4) is 0 Å². The van der Waals surface area contributed by atoms with Crippen LogP contribution >= 0.6 is 11.6 Å². The van der Waals surface area contributed by atoms with Gasteiger partial charge in [-0.3, -0.25) is 10.1 Å². The van der Waals surface area contributed by atoms with Crippen LogP contribution in [-0.4, -0.2) is 35.8 Å². The number of carbonyl (C=O) groups is 1. The molecule has 0 heterocycles. The van der Waals surface area contributed by atoms with Gasteiger partial charge in [0.15, 0.2) is 0 Å². The Kier molecular flexibility index (Phi) is 6.13. The normalized spacial score (nSPS) is 10.2. The predicted molar refractivity (Wildman–Crippen MR) is 79.2 cm³/mol. The van der Waals surface area contributed by atoms with Crippen LogP contribution in [0.4, 0.5) is 11.4 Å². The minimum absolute atomic E-state index is 0.0264. The van der Waals surface area contributed by atoms with Gasteiger partial charge < -0.3 is 15.2 Å². The van der Waals surface area contributed by atoms with Gasteiger partial charge in [0.2, 0.25) is 0 Å². The number of aromatic carboxylic acids is 1. The third-order valence-electron chi connectivity index (χ3n) is 2.41. The van der Waals surface area contributed by atoms with Crippen molar-refractivity contribution in [2.24, 2.45) is 0 Å². The van der Waals surface area contributed by atoms with Crippen molar-refractivity contribution in [2.75, 3.05) is 25.1 Å². The van der Waals surface area contributed by atoms with Crippen molar-refractivity contribution in [3.63, 3.8) is 0 Å². The Morgan fingerprint density at radius 2 is 2.24 bits per heavy atom. The summed E-state index contributed by atoms with van der Waals surface area (Å²) in [5.74, 6) is -1.30. The van der Waals surface area contributed by atoms with Crippen molar-refractivity contribution in [3.05, 3.63) is 45.0 Å². The highest BCUT2D eigenvalue weighted by Gasteiger charge is 2.19. The van der Waals surface area contributed by atoms with E-state index in [9.17, 15) is 14.9 Å². The third-order valence-corrected chi connectivity index (χ3v) is 2.71. The number of carboxylic acid groups (broad SMARTS) is 1. The summed E-state index contributed by atoms with van der Waals surface area (Å²) in [4.78, 5) is 21.2. The number of rotatable bonds is 8. The number of benzene rings is 1. The highest BCUT2D eigenvalue weighted by molar-refractivity contribution is 6.34. The van der Waals surface area contributed by atoms with Crippen LogP contribution in [-0.2, 0) is 4.74 Å². The molecular formula is C13H15ClN2O5. The zero-order valence-corrected chi connectivity index (χ0v) is 12.1. The van der Waals surface area contributed by atoms with Crippen molar-refractivity contribution in [1.82, 2.24) is 0 Å². The molecule has 0 amide bonds. The third kappa shape index (κ3) is 5.05. The largest absolute Gasteiger partial charge is 0.478 e. The van der Waals surface area contributed by atoms with Gasteiger partial charge in [0.1, 0.15) is 0 Å². The molecule has 0 saturated carbocycles. The monoisotopic (exact) mass is 314 g/mol. The molecule has 1 rings (SSSR count). The standard InChI is InChI=1S/C13H15ClN2O5/c1-8(2)7-21-4-3-15-12-10(13(17)18)5-9(16(19)20)6-11(12)14/h5-6,15H,1,3-4,7H2,2H3,(H,17,18). The SMILES string of the molecule is C=C(C)COCCNc1c(Cl)cc([N+](=O)[O-])cc1C(=O)O. The number of carboxylic acids is 1. The van der Waals surface area contributed by atoms with E-state index in [4.69, 9.17) is 21.4 Å². The lowest BCUT2D eigenvalue weighted by atomic mass is 10.1. The number of halogens is 1. The van der Waals surface area contributed by atoms with Crippen LogP contribution in [0, 0.1) is 10.1 Å². The van der Waals surface area contributed by atoms with Crippen molar-refractivity contribution in [2.45, 2.75) is 6.92 Å². The molecule has 0 unspecified atom stereocenters. The topological polar surface area (TPSA) is 102 Å². The highest BCUT2D eigenvalue weighted by atomic mass is 35.5. The summed E-state index contributed by atoms with van der Waals surface area (Å²) >= 11 is 5.90. The number of nitro groups is 1. The highest BCUT2D eigenvalue weighted by Crippen LogP contribution is 2.31. The van der Waals surface area contributed by atoms with Gasteiger partial charge in [-0.25, -0.2) is 4.79 Å². The summed E-state index contributed by atoms with van der Waals surface area (Å²) in [5.41, 5.74) is 0.374. The second kappa shape index (κ2) is 7.61. The van der Waals surface area contributed by atoms with Gasteiger partial charge in [-0.2, -0.15) is 0 Å². The van der Waals surface area contributed by atoms with Crippen LogP contribution in [0.2, 0.25) is 5.02 Å². The molecule has 0 spiro atoms. The number of ether oxygens (including phenoxy) is 1. The molecule has 114 valence electrons. The minimum atomic E-state index is -1.30. The second-order valence-corrected chi connectivity index (χ2v) is 4.76. The molecule has 1 aromatic carbocycles. The van der Waals surface area contributed by atoms with E-state index >= 15 is 0 Å². The summed E-state index contributed by atoms with van der Waals surface area (Å²) in [6.07, 6.45) is 0. The van der Waals surface area contributed by atoms with E-state index in [-0.39, 0.29) is 22.0 Å². The number of nitro benzene ring substituents is 1. The fourth-order valence-electron chi connectivity index (χ4n) is 1.54. The fraction of sp³-hybridized carbons (Fsp3) is 0.308. The Hall–Kier alpha value is -2.12. The molecular weight excluding hydrogens is 300 g/mol. The van der Waals surface area contributed by atoms with Crippen molar-refractivity contribution < 1.29 is 19.6 Å². The molecule has 0 aliphatic rings. The van der Waals surface area contributed by atoms with Gasteiger partial charge in [-0.1, -0.05) is 23.8 Å². The lowest BCUT2D eigenvalue weighted by Crippen LogP contribution is -2.13. The van der Waals surface area contributed by atoms with Crippen LogP contribution in [0.25, 0.3) is 0 Å². The van der Waals surface area contributed by atoms with Gasteiger partial charge in [-0.05, 0) is 6.92 Å². The zero-order chi connectivity index (χ0) is 16.0. The van der Waals surface area contributed by atoms with E-state index in [0.29, 0.717) is 19.8 Å². The quantitative estimate of drug-likeness (QED) is 0.331. The van der Waals surface area contributed by atoms with Crippen LogP contribution in [0.1, 0.15) is 17.3 Å². The number of nitrogens with one attached hydrogen (secondary N) is 1. The molecule has 1 aromatic rings. The first-order valence-corrected chi connectivity index (χ1v) is 6.38. The van der Waals surface area contributed by atoms with E-state index in [1.54, 1.807) is 0 Å². The molecule has 2 N–H and O–H groups in total. The van der Waals surface area contributed by atoms with Gasteiger partial charge in [0.05, 0.1) is 34.4 Å². The lowest BCUT2D eigenvalue weighted by molar-refractivity contribution is -0.384. The number of hydrogen-bond donors (Lipinski definition) is 2.